The van der Waals surface area contributed by atoms with Crippen LogP contribution in [0.5, 0.6) is 5.75 Å². The van der Waals surface area contributed by atoms with Crippen molar-refractivity contribution in [1.82, 2.24) is 4.90 Å². The summed E-state index contributed by atoms with van der Waals surface area (Å²) >= 11 is 11.9. The first-order chi connectivity index (χ1) is 10.9. The lowest BCUT2D eigenvalue weighted by Gasteiger charge is -2.26. The number of aryl methyl sites for hydroxylation is 1. The predicted octanol–water partition coefficient (Wildman–Crippen LogP) is 4.71. The molecule has 124 valence electrons. The van der Waals surface area contributed by atoms with Gasteiger partial charge in [0, 0.05) is 17.1 Å². The fourth-order valence-corrected chi connectivity index (χ4v) is 2.44. The van der Waals surface area contributed by atoms with Gasteiger partial charge in [-0.15, -0.1) is 0 Å². The first-order valence-electron chi connectivity index (χ1n) is 7.29. The summed E-state index contributed by atoms with van der Waals surface area (Å²) in [5, 5.41) is 0.920. The van der Waals surface area contributed by atoms with Crippen molar-refractivity contribution in [2.75, 3.05) is 6.61 Å². The van der Waals surface area contributed by atoms with Crippen LogP contribution in [0.2, 0.25) is 10.0 Å². The Labute approximate surface area is 145 Å². The van der Waals surface area contributed by atoms with E-state index in [1.165, 1.54) is 0 Å². The van der Waals surface area contributed by atoms with Crippen molar-refractivity contribution < 1.29 is 13.9 Å². The summed E-state index contributed by atoms with van der Waals surface area (Å²) in [6.07, 6.45) is 0. The summed E-state index contributed by atoms with van der Waals surface area (Å²) in [4.78, 5) is 14.1. The van der Waals surface area contributed by atoms with Crippen LogP contribution in [0.4, 0.5) is 0 Å². The molecule has 2 aromatic rings. The Balaban J connectivity index is 2.02. The molecular formula is C17H19Cl2NO3. The van der Waals surface area contributed by atoms with Gasteiger partial charge in [0.1, 0.15) is 17.3 Å². The topological polar surface area (TPSA) is 42.7 Å². The largest absolute Gasteiger partial charge is 0.482 e. The molecule has 0 atom stereocenters. The highest BCUT2D eigenvalue weighted by Crippen LogP contribution is 2.27. The quantitative estimate of drug-likeness (QED) is 0.753. The predicted molar refractivity (Wildman–Crippen MR) is 91.1 cm³/mol. The third-order valence-electron chi connectivity index (χ3n) is 3.31. The third-order valence-corrected chi connectivity index (χ3v) is 3.86. The fraction of sp³-hybridized carbons (Fsp3) is 0.353. The van der Waals surface area contributed by atoms with E-state index in [1.807, 2.05) is 32.9 Å². The minimum absolute atomic E-state index is 0.0198. The molecule has 0 aliphatic rings. The van der Waals surface area contributed by atoms with Gasteiger partial charge in [0.05, 0.1) is 11.6 Å². The molecule has 0 radical (unpaired) electrons. The van der Waals surface area contributed by atoms with Crippen molar-refractivity contribution in [3.63, 3.8) is 0 Å². The normalized spacial score (nSPS) is 10.9. The monoisotopic (exact) mass is 355 g/mol. The van der Waals surface area contributed by atoms with E-state index < -0.39 is 0 Å². The van der Waals surface area contributed by atoms with Crippen molar-refractivity contribution in [1.29, 1.82) is 0 Å². The zero-order valence-corrected chi connectivity index (χ0v) is 14.8. The molecule has 0 N–H and O–H groups in total. The number of hydrogen-bond acceptors (Lipinski definition) is 3. The minimum atomic E-state index is -0.148. The van der Waals surface area contributed by atoms with Crippen molar-refractivity contribution in [3.05, 3.63) is 51.9 Å². The second kappa shape index (κ2) is 7.75. The average Bonchev–Trinajstić information content (AvgIpc) is 2.90. The summed E-state index contributed by atoms with van der Waals surface area (Å²) in [6.45, 7) is 6.05. The molecule has 4 nitrogen and oxygen atoms in total. The number of halogens is 2. The van der Waals surface area contributed by atoms with Gasteiger partial charge in [0.15, 0.2) is 6.61 Å². The highest BCUT2D eigenvalue weighted by atomic mass is 35.5. The van der Waals surface area contributed by atoms with Crippen LogP contribution in [0, 0.1) is 6.92 Å². The molecule has 0 fully saturated rings. The molecule has 0 unspecified atom stereocenters. The number of rotatable bonds is 6. The maximum atomic E-state index is 12.4. The van der Waals surface area contributed by atoms with Crippen molar-refractivity contribution in [3.8, 4) is 5.75 Å². The number of carbonyl (C=O) groups excluding carboxylic acids is 1. The van der Waals surface area contributed by atoms with Crippen molar-refractivity contribution in [2.24, 2.45) is 0 Å². The summed E-state index contributed by atoms with van der Waals surface area (Å²) in [6, 6.07) is 8.65. The number of nitrogens with zero attached hydrogens (tertiary/aromatic N) is 1. The molecule has 1 amide bonds. The maximum Gasteiger partial charge on any atom is 0.261 e. The summed E-state index contributed by atoms with van der Waals surface area (Å²) in [5.41, 5.74) is 0. The van der Waals surface area contributed by atoms with E-state index >= 15 is 0 Å². The molecule has 0 aliphatic heterocycles. The molecule has 0 saturated carbocycles. The van der Waals surface area contributed by atoms with Crippen molar-refractivity contribution in [2.45, 2.75) is 33.4 Å². The van der Waals surface area contributed by atoms with Gasteiger partial charge in [-0.1, -0.05) is 23.2 Å². The van der Waals surface area contributed by atoms with Crippen LogP contribution in [-0.4, -0.2) is 23.5 Å². The first kappa shape index (κ1) is 17.7. The van der Waals surface area contributed by atoms with E-state index in [0.717, 1.165) is 11.5 Å². The maximum absolute atomic E-state index is 12.4. The van der Waals surface area contributed by atoms with E-state index in [2.05, 4.69) is 0 Å². The van der Waals surface area contributed by atoms with Crippen LogP contribution in [0.1, 0.15) is 25.4 Å². The molecule has 23 heavy (non-hydrogen) atoms. The van der Waals surface area contributed by atoms with Gasteiger partial charge < -0.3 is 14.1 Å². The molecule has 1 heterocycles. The van der Waals surface area contributed by atoms with E-state index in [4.69, 9.17) is 32.4 Å². The van der Waals surface area contributed by atoms with E-state index in [1.54, 1.807) is 23.1 Å². The lowest BCUT2D eigenvalue weighted by atomic mass is 10.3. The van der Waals surface area contributed by atoms with Gasteiger partial charge in [-0.2, -0.15) is 0 Å². The first-order valence-corrected chi connectivity index (χ1v) is 8.05. The third kappa shape index (κ3) is 4.91. The number of hydrogen-bond donors (Lipinski definition) is 0. The SMILES string of the molecule is Cc1ccc(CN(C(=O)COc2cc(Cl)ccc2Cl)C(C)C)o1. The summed E-state index contributed by atoms with van der Waals surface area (Å²) in [5.74, 6) is 1.80. The van der Waals surface area contributed by atoms with Crippen LogP contribution in [0.3, 0.4) is 0 Å². The summed E-state index contributed by atoms with van der Waals surface area (Å²) in [7, 11) is 0. The molecule has 0 bridgehead atoms. The van der Waals surface area contributed by atoms with Gasteiger partial charge in [0.2, 0.25) is 0 Å². The van der Waals surface area contributed by atoms with Gasteiger partial charge in [0.25, 0.3) is 5.91 Å². The molecule has 1 aromatic carbocycles. The van der Waals surface area contributed by atoms with Gasteiger partial charge in [-0.3, -0.25) is 4.79 Å². The highest BCUT2D eigenvalue weighted by Gasteiger charge is 2.19. The lowest BCUT2D eigenvalue weighted by Crippen LogP contribution is -2.39. The standard InChI is InChI=1S/C17H19Cl2NO3/c1-11(2)20(9-14-6-4-12(3)23-14)17(21)10-22-16-8-13(18)5-7-15(16)19/h4-8,11H,9-10H2,1-3H3. The van der Waals surface area contributed by atoms with Crippen molar-refractivity contribution >= 4 is 29.1 Å². The van der Waals surface area contributed by atoms with Crippen LogP contribution >= 0.6 is 23.2 Å². The Hall–Kier alpha value is -1.65. The number of carbonyl (C=O) groups is 1. The second-order valence-corrected chi connectivity index (χ2v) is 6.33. The molecule has 6 heteroatoms. The molecule has 1 aromatic heterocycles. The number of amides is 1. The van der Waals surface area contributed by atoms with Crippen LogP contribution < -0.4 is 4.74 Å². The molecular weight excluding hydrogens is 337 g/mol. The molecule has 0 saturated heterocycles. The van der Waals surface area contributed by atoms with E-state index in [0.29, 0.717) is 22.3 Å². The number of benzene rings is 1. The van der Waals surface area contributed by atoms with Gasteiger partial charge >= 0.3 is 0 Å². The van der Waals surface area contributed by atoms with Crippen LogP contribution in [0.15, 0.2) is 34.7 Å². The molecule has 2 rings (SSSR count). The van der Waals surface area contributed by atoms with Gasteiger partial charge in [-0.05, 0) is 45.0 Å². The Morgan fingerprint density at radius 2 is 2.00 bits per heavy atom. The zero-order chi connectivity index (χ0) is 17.0. The fourth-order valence-electron chi connectivity index (χ4n) is 2.11. The second-order valence-electron chi connectivity index (χ2n) is 5.49. The molecule has 0 aliphatic carbocycles. The smallest absolute Gasteiger partial charge is 0.261 e. The van der Waals surface area contributed by atoms with Crippen LogP contribution in [0.25, 0.3) is 0 Å². The van der Waals surface area contributed by atoms with Crippen LogP contribution in [-0.2, 0) is 11.3 Å². The average molecular weight is 356 g/mol. The molecule has 0 spiro atoms. The number of ether oxygens (including phenoxy) is 1. The Morgan fingerprint density at radius 3 is 2.61 bits per heavy atom. The number of furan rings is 1. The highest BCUT2D eigenvalue weighted by molar-refractivity contribution is 6.34. The minimum Gasteiger partial charge on any atom is -0.482 e. The van der Waals surface area contributed by atoms with E-state index in [9.17, 15) is 4.79 Å². The lowest BCUT2D eigenvalue weighted by molar-refractivity contribution is -0.136. The Kier molecular flexibility index (Phi) is 5.97. The zero-order valence-electron chi connectivity index (χ0n) is 13.3. The van der Waals surface area contributed by atoms with Gasteiger partial charge in [-0.25, -0.2) is 0 Å². The Morgan fingerprint density at radius 1 is 1.26 bits per heavy atom. The van der Waals surface area contributed by atoms with E-state index in [-0.39, 0.29) is 18.6 Å². The Bertz CT molecular complexity index is 682. The summed E-state index contributed by atoms with van der Waals surface area (Å²) < 4.78 is 11.1.